The van der Waals surface area contributed by atoms with Gasteiger partial charge in [0.15, 0.2) is 5.17 Å². The number of rotatable bonds is 6. The van der Waals surface area contributed by atoms with Gasteiger partial charge in [0.05, 0.1) is 4.91 Å². The average molecular weight is 450 g/mol. The van der Waals surface area contributed by atoms with Crippen LogP contribution in [0.15, 0.2) is 28.1 Å². The Hall–Kier alpha value is -2.43. The second-order valence-corrected chi connectivity index (χ2v) is 8.52. The number of thioether (sulfide) groups is 1. The van der Waals surface area contributed by atoms with Crippen LogP contribution >= 0.6 is 11.8 Å². The Morgan fingerprint density at radius 1 is 1.35 bits per heavy atom. The lowest BCUT2D eigenvalue weighted by Crippen LogP contribution is -2.45. The Morgan fingerprint density at radius 2 is 2.16 bits per heavy atom. The molecule has 1 aromatic rings. The van der Waals surface area contributed by atoms with Crippen molar-refractivity contribution in [2.75, 3.05) is 46.8 Å². The number of benzene rings is 1. The van der Waals surface area contributed by atoms with E-state index in [1.807, 2.05) is 30.9 Å². The molecule has 0 aromatic heterocycles. The largest absolute Gasteiger partial charge is 0.415 e. The van der Waals surface area contributed by atoms with E-state index in [4.69, 9.17) is 4.74 Å². The molecule has 1 aromatic carbocycles. The molecular formula is C21H28FN5O3S. The van der Waals surface area contributed by atoms with Crippen LogP contribution in [0.1, 0.15) is 25.3 Å². The molecule has 1 N–H and O–H groups in total. The molecule has 0 atom stereocenters. The van der Waals surface area contributed by atoms with Gasteiger partial charge in [-0.2, -0.15) is 4.99 Å². The Labute approximate surface area is 186 Å². The van der Waals surface area contributed by atoms with E-state index in [2.05, 4.69) is 10.4 Å². The number of amidine groups is 1. The maximum atomic E-state index is 13.9. The van der Waals surface area contributed by atoms with Gasteiger partial charge in [0, 0.05) is 38.3 Å². The second-order valence-electron chi connectivity index (χ2n) is 7.51. The van der Waals surface area contributed by atoms with Crippen LogP contribution < -0.4 is 10.2 Å². The molecule has 10 heteroatoms. The molecule has 2 amide bonds. The summed E-state index contributed by atoms with van der Waals surface area (Å²) in [6.45, 7) is 5.16. The van der Waals surface area contributed by atoms with Crippen molar-refractivity contribution in [3.8, 4) is 5.75 Å². The first-order valence-corrected chi connectivity index (χ1v) is 11.1. The van der Waals surface area contributed by atoms with Crippen LogP contribution in [0.3, 0.4) is 0 Å². The molecule has 8 nitrogen and oxygen atoms in total. The van der Waals surface area contributed by atoms with Crippen LogP contribution in [-0.4, -0.2) is 78.8 Å². The van der Waals surface area contributed by atoms with Crippen molar-refractivity contribution in [2.45, 2.75) is 19.8 Å². The first-order chi connectivity index (χ1) is 14.9. The first-order valence-electron chi connectivity index (χ1n) is 10.3. The summed E-state index contributed by atoms with van der Waals surface area (Å²) in [7, 11) is 3.85. The van der Waals surface area contributed by atoms with E-state index in [1.165, 1.54) is 36.0 Å². The molecule has 0 radical (unpaired) electrons. The fourth-order valence-corrected chi connectivity index (χ4v) is 4.00. The maximum Gasteiger partial charge on any atom is 0.415 e. The molecule has 0 spiro atoms. The van der Waals surface area contributed by atoms with Gasteiger partial charge in [-0.1, -0.05) is 0 Å². The quantitative estimate of drug-likeness (QED) is 0.669. The van der Waals surface area contributed by atoms with E-state index in [9.17, 15) is 14.0 Å². The fourth-order valence-electron chi connectivity index (χ4n) is 3.09. The molecule has 2 heterocycles. The molecule has 0 bridgehead atoms. The van der Waals surface area contributed by atoms with E-state index < -0.39 is 17.8 Å². The SMILES string of the molecule is CCN(CCN(C)C)C(=O)Oc1ccc(F)cc1/C=C1\SC(N2CCCCN2)=NC1=O. The summed E-state index contributed by atoms with van der Waals surface area (Å²) in [6, 6.07) is 3.87. The number of aliphatic imine (C=N–C) groups is 1. The van der Waals surface area contributed by atoms with E-state index in [0.717, 1.165) is 25.9 Å². The van der Waals surface area contributed by atoms with Crippen molar-refractivity contribution >= 4 is 35.0 Å². The summed E-state index contributed by atoms with van der Waals surface area (Å²) in [5.74, 6) is -0.684. The van der Waals surface area contributed by atoms with Gasteiger partial charge in [0.1, 0.15) is 11.6 Å². The van der Waals surface area contributed by atoms with Crippen LogP contribution in [-0.2, 0) is 4.79 Å². The monoisotopic (exact) mass is 449 g/mol. The molecular weight excluding hydrogens is 421 g/mol. The third kappa shape index (κ3) is 6.28. The molecule has 1 fully saturated rings. The van der Waals surface area contributed by atoms with Gasteiger partial charge in [0.2, 0.25) is 0 Å². The highest BCUT2D eigenvalue weighted by Gasteiger charge is 2.27. The Bertz CT molecular complexity index is 884. The first kappa shape index (κ1) is 23.2. The highest BCUT2D eigenvalue weighted by molar-refractivity contribution is 8.18. The van der Waals surface area contributed by atoms with Crippen molar-refractivity contribution in [3.05, 3.63) is 34.5 Å². The van der Waals surface area contributed by atoms with Crippen LogP contribution in [0.2, 0.25) is 0 Å². The highest BCUT2D eigenvalue weighted by atomic mass is 32.2. The maximum absolute atomic E-state index is 13.9. The second kappa shape index (κ2) is 10.7. The average Bonchev–Trinajstić information content (AvgIpc) is 3.11. The van der Waals surface area contributed by atoms with Crippen molar-refractivity contribution in [1.82, 2.24) is 20.2 Å². The van der Waals surface area contributed by atoms with Crippen molar-refractivity contribution in [2.24, 2.45) is 4.99 Å². The minimum Gasteiger partial charge on any atom is -0.410 e. The predicted molar refractivity (Wildman–Crippen MR) is 120 cm³/mol. The summed E-state index contributed by atoms with van der Waals surface area (Å²) in [5.41, 5.74) is 3.53. The van der Waals surface area contributed by atoms with E-state index in [0.29, 0.717) is 35.3 Å². The minimum absolute atomic E-state index is 0.195. The lowest BCUT2D eigenvalue weighted by atomic mass is 10.1. The Morgan fingerprint density at radius 3 is 2.84 bits per heavy atom. The van der Waals surface area contributed by atoms with Crippen LogP contribution in [0, 0.1) is 5.82 Å². The summed E-state index contributed by atoms with van der Waals surface area (Å²) < 4.78 is 19.5. The summed E-state index contributed by atoms with van der Waals surface area (Å²) in [4.78, 5) is 33.0. The lowest BCUT2D eigenvalue weighted by Gasteiger charge is -2.28. The zero-order valence-corrected chi connectivity index (χ0v) is 18.9. The molecule has 0 saturated carbocycles. The number of ether oxygens (including phenoxy) is 1. The van der Waals surface area contributed by atoms with Gasteiger partial charge < -0.3 is 14.5 Å². The number of hydrazine groups is 1. The van der Waals surface area contributed by atoms with Gasteiger partial charge in [-0.3, -0.25) is 9.80 Å². The molecule has 2 aliphatic heterocycles. The molecule has 31 heavy (non-hydrogen) atoms. The third-order valence-corrected chi connectivity index (χ3v) is 5.87. The Balaban J connectivity index is 1.75. The number of carbonyl (C=O) groups excluding carboxylic acids is 2. The van der Waals surface area contributed by atoms with Crippen molar-refractivity contribution in [1.29, 1.82) is 0 Å². The molecule has 3 rings (SSSR count). The predicted octanol–water partition coefficient (Wildman–Crippen LogP) is 2.78. The van der Waals surface area contributed by atoms with Crippen molar-refractivity contribution in [3.63, 3.8) is 0 Å². The zero-order valence-electron chi connectivity index (χ0n) is 18.1. The van der Waals surface area contributed by atoms with Crippen molar-refractivity contribution < 1.29 is 18.7 Å². The smallest absolute Gasteiger partial charge is 0.410 e. The van der Waals surface area contributed by atoms with E-state index in [1.54, 1.807) is 4.90 Å². The number of nitrogens with zero attached hydrogens (tertiary/aromatic N) is 4. The molecule has 0 aliphatic carbocycles. The number of likely N-dealkylation sites (N-methyl/N-ethyl adjacent to an activating group) is 2. The highest BCUT2D eigenvalue weighted by Crippen LogP contribution is 2.33. The zero-order chi connectivity index (χ0) is 22.4. The normalized spacial score (nSPS) is 18.0. The van der Waals surface area contributed by atoms with Crippen LogP contribution in [0.25, 0.3) is 6.08 Å². The number of hydrogen-bond donors (Lipinski definition) is 1. The summed E-state index contributed by atoms with van der Waals surface area (Å²) in [6.07, 6.45) is 3.10. The standard InChI is InChI=1S/C21H28FN5O3S/c1-4-26(12-11-25(2)3)21(29)30-17-8-7-16(22)13-15(17)14-18-19(28)24-20(31-18)27-10-6-5-9-23-27/h7-8,13-14,23H,4-6,9-12H2,1-3H3/b18-14-. The van der Waals surface area contributed by atoms with Crippen LogP contribution in [0.5, 0.6) is 5.75 Å². The van der Waals surface area contributed by atoms with E-state index >= 15 is 0 Å². The molecule has 2 aliphatic rings. The summed E-state index contributed by atoms with van der Waals surface area (Å²) in [5, 5.41) is 2.44. The molecule has 168 valence electrons. The number of halogens is 1. The lowest BCUT2D eigenvalue weighted by molar-refractivity contribution is -0.113. The fraction of sp³-hybridized carbons (Fsp3) is 0.476. The van der Waals surface area contributed by atoms with Gasteiger partial charge in [0.25, 0.3) is 5.91 Å². The topological polar surface area (TPSA) is 77.5 Å². The van der Waals surface area contributed by atoms with Gasteiger partial charge >= 0.3 is 6.09 Å². The molecule has 1 saturated heterocycles. The number of nitrogens with one attached hydrogen (secondary N) is 1. The number of amides is 2. The van der Waals surface area contributed by atoms with Gasteiger partial charge in [-0.15, -0.1) is 0 Å². The third-order valence-electron chi connectivity index (χ3n) is 4.86. The summed E-state index contributed by atoms with van der Waals surface area (Å²) >= 11 is 1.22. The van der Waals surface area contributed by atoms with E-state index in [-0.39, 0.29) is 5.75 Å². The van der Waals surface area contributed by atoms with Gasteiger partial charge in [-0.05, 0) is 69.9 Å². The Kier molecular flexibility index (Phi) is 8.05. The minimum atomic E-state index is -0.518. The molecule has 0 unspecified atom stereocenters. The van der Waals surface area contributed by atoms with Gasteiger partial charge in [-0.25, -0.2) is 14.6 Å². The number of carbonyl (C=O) groups is 2. The van der Waals surface area contributed by atoms with Crippen LogP contribution in [0.4, 0.5) is 9.18 Å². The number of hydrogen-bond acceptors (Lipinski definition) is 7.